The van der Waals surface area contributed by atoms with Gasteiger partial charge in [-0.15, -0.1) is 10.2 Å². The molecule has 1 N–H and O–H groups in total. The molecule has 0 fully saturated rings. The summed E-state index contributed by atoms with van der Waals surface area (Å²) in [7, 11) is -3.66. The molecule has 0 aliphatic rings. The molecule has 0 bridgehead atoms. The predicted molar refractivity (Wildman–Crippen MR) is 94.3 cm³/mol. The van der Waals surface area contributed by atoms with Crippen LogP contribution in [-0.2, 0) is 23.0 Å². The van der Waals surface area contributed by atoms with Gasteiger partial charge in [-0.25, -0.2) is 13.1 Å². The third-order valence-electron chi connectivity index (χ3n) is 3.80. The van der Waals surface area contributed by atoms with Crippen LogP contribution in [0.5, 0.6) is 0 Å². The molecule has 0 saturated heterocycles. The number of aryl methyl sites for hydroxylation is 2. The average molecular weight is 357 g/mol. The van der Waals surface area contributed by atoms with Crippen LogP contribution < -0.4 is 4.72 Å². The molecule has 0 saturated carbocycles. The molecule has 3 aromatic rings. The molecule has 0 radical (unpaired) electrons. The largest absolute Gasteiger partial charge is 0.421 e. The molecular weight excluding hydrogens is 338 g/mol. The standard InChI is InChI=1S/C18H19N3O3S/c1-3-17-20-21-18(24-17)15-10-9-13(2)16(11-15)25(22,23)19-12-14-7-5-4-6-8-14/h4-11,19H,3,12H2,1-2H3. The lowest BCUT2D eigenvalue weighted by Gasteiger charge is -2.10. The summed E-state index contributed by atoms with van der Waals surface area (Å²) >= 11 is 0. The Balaban J connectivity index is 1.88. The molecule has 1 aromatic heterocycles. The van der Waals surface area contributed by atoms with Crippen molar-refractivity contribution in [2.75, 3.05) is 0 Å². The Morgan fingerprint density at radius 2 is 1.84 bits per heavy atom. The van der Waals surface area contributed by atoms with E-state index in [-0.39, 0.29) is 11.4 Å². The van der Waals surface area contributed by atoms with Crippen LogP contribution in [0.15, 0.2) is 57.8 Å². The second-order valence-electron chi connectivity index (χ2n) is 5.64. The highest BCUT2D eigenvalue weighted by molar-refractivity contribution is 7.89. The number of benzene rings is 2. The SMILES string of the molecule is CCc1nnc(-c2ccc(C)c(S(=O)(=O)NCc3ccccc3)c2)o1. The van der Waals surface area contributed by atoms with Crippen LogP contribution in [0.1, 0.15) is 23.9 Å². The molecule has 3 rings (SSSR count). The molecule has 25 heavy (non-hydrogen) atoms. The summed E-state index contributed by atoms with van der Waals surface area (Å²) in [5.74, 6) is 0.832. The molecule has 0 atom stereocenters. The second-order valence-corrected chi connectivity index (χ2v) is 7.38. The Labute approximate surface area is 147 Å². The van der Waals surface area contributed by atoms with Crippen molar-refractivity contribution in [2.45, 2.75) is 31.7 Å². The molecule has 130 valence electrons. The molecule has 6 nitrogen and oxygen atoms in total. The second kappa shape index (κ2) is 7.16. The number of aromatic nitrogens is 2. The third kappa shape index (κ3) is 3.94. The van der Waals surface area contributed by atoms with Gasteiger partial charge in [0.15, 0.2) is 0 Å². The highest BCUT2D eigenvalue weighted by Gasteiger charge is 2.19. The number of hydrogen-bond donors (Lipinski definition) is 1. The van der Waals surface area contributed by atoms with Crippen LogP contribution in [-0.4, -0.2) is 18.6 Å². The van der Waals surface area contributed by atoms with Crippen molar-refractivity contribution < 1.29 is 12.8 Å². The fourth-order valence-electron chi connectivity index (χ4n) is 2.39. The topological polar surface area (TPSA) is 85.1 Å². The molecule has 0 aliphatic heterocycles. The van der Waals surface area contributed by atoms with Gasteiger partial charge in [0.25, 0.3) is 0 Å². The van der Waals surface area contributed by atoms with E-state index in [1.54, 1.807) is 25.1 Å². The molecule has 0 unspecified atom stereocenters. The van der Waals surface area contributed by atoms with Gasteiger partial charge in [-0.1, -0.05) is 43.3 Å². The summed E-state index contributed by atoms with van der Waals surface area (Å²) in [4.78, 5) is 0.206. The number of hydrogen-bond acceptors (Lipinski definition) is 5. The van der Waals surface area contributed by atoms with Gasteiger partial charge in [-0.2, -0.15) is 0 Å². The van der Waals surface area contributed by atoms with Gasteiger partial charge in [0, 0.05) is 18.5 Å². The molecule has 2 aromatic carbocycles. The Hall–Kier alpha value is -2.51. The van der Waals surface area contributed by atoms with E-state index in [0.717, 1.165) is 5.56 Å². The summed E-state index contributed by atoms with van der Waals surface area (Å²) in [6.45, 7) is 3.90. The third-order valence-corrected chi connectivity index (χ3v) is 5.35. The summed E-state index contributed by atoms with van der Waals surface area (Å²) in [5, 5.41) is 7.89. The predicted octanol–water partition coefficient (Wildman–Crippen LogP) is 3.09. The summed E-state index contributed by atoms with van der Waals surface area (Å²) in [6.07, 6.45) is 0.628. The van der Waals surface area contributed by atoms with Crippen LogP contribution in [0.2, 0.25) is 0 Å². The first-order valence-electron chi connectivity index (χ1n) is 7.96. The van der Waals surface area contributed by atoms with Crippen LogP contribution in [0, 0.1) is 6.92 Å². The number of nitrogens with zero attached hydrogens (tertiary/aromatic N) is 2. The minimum atomic E-state index is -3.66. The Kier molecular flexibility index (Phi) is 4.96. The number of nitrogens with one attached hydrogen (secondary N) is 1. The minimum Gasteiger partial charge on any atom is -0.421 e. The van der Waals surface area contributed by atoms with Crippen LogP contribution in [0.3, 0.4) is 0 Å². The maximum absolute atomic E-state index is 12.7. The lowest BCUT2D eigenvalue weighted by Crippen LogP contribution is -2.24. The van der Waals surface area contributed by atoms with E-state index >= 15 is 0 Å². The number of rotatable bonds is 6. The van der Waals surface area contributed by atoms with Crippen molar-refractivity contribution in [3.8, 4) is 11.5 Å². The zero-order valence-electron chi connectivity index (χ0n) is 14.1. The maximum atomic E-state index is 12.7. The van der Waals surface area contributed by atoms with E-state index in [9.17, 15) is 8.42 Å². The quantitative estimate of drug-likeness (QED) is 0.733. The fourth-order valence-corrected chi connectivity index (χ4v) is 3.67. The molecule has 0 spiro atoms. The average Bonchev–Trinajstić information content (AvgIpc) is 3.10. The van der Waals surface area contributed by atoms with E-state index in [1.165, 1.54) is 0 Å². The normalized spacial score (nSPS) is 11.6. The van der Waals surface area contributed by atoms with E-state index in [4.69, 9.17) is 4.42 Å². The van der Waals surface area contributed by atoms with Gasteiger partial charge in [0.2, 0.25) is 21.8 Å². The monoisotopic (exact) mass is 357 g/mol. The van der Waals surface area contributed by atoms with Crippen molar-refractivity contribution in [1.29, 1.82) is 0 Å². The number of sulfonamides is 1. The smallest absolute Gasteiger partial charge is 0.247 e. The van der Waals surface area contributed by atoms with Crippen LogP contribution >= 0.6 is 0 Å². The zero-order valence-corrected chi connectivity index (χ0v) is 14.9. The summed E-state index contributed by atoms with van der Waals surface area (Å²) in [6, 6.07) is 14.5. The highest BCUT2D eigenvalue weighted by atomic mass is 32.2. The fraction of sp³-hybridized carbons (Fsp3) is 0.222. The van der Waals surface area contributed by atoms with Gasteiger partial charge in [-0.3, -0.25) is 0 Å². The van der Waals surface area contributed by atoms with Crippen molar-refractivity contribution in [2.24, 2.45) is 0 Å². The zero-order chi connectivity index (χ0) is 17.9. The molecule has 1 heterocycles. The molecular formula is C18H19N3O3S. The van der Waals surface area contributed by atoms with Crippen LogP contribution in [0.25, 0.3) is 11.5 Å². The van der Waals surface area contributed by atoms with E-state index in [2.05, 4.69) is 14.9 Å². The Morgan fingerprint density at radius 1 is 1.08 bits per heavy atom. The summed E-state index contributed by atoms with van der Waals surface area (Å²) in [5.41, 5.74) is 2.13. The van der Waals surface area contributed by atoms with Gasteiger partial charge >= 0.3 is 0 Å². The highest BCUT2D eigenvalue weighted by Crippen LogP contribution is 2.24. The van der Waals surface area contributed by atoms with Gasteiger partial charge in [0.1, 0.15) is 0 Å². The first kappa shape index (κ1) is 17.3. The van der Waals surface area contributed by atoms with Gasteiger partial charge in [0.05, 0.1) is 4.90 Å². The maximum Gasteiger partial charge on any atom is 0.247 e. The first-order valence-corrected chi connectivity index (χ1v) is 9.45. The van der Waals surface area contributed by atoms with Gasteiger partial charge < -0.3 is 4.42 Å². The lowest BCUT2D eigenvalue weighted by molar-refractivity contribution is 0.512. The lowest BCUT2D eigenvalue weighted by atomic mass is 10.1. The van der Waals surface area contributed by atoms with E-state index in [0.29, 0.717) is 29.3 Å². The summed E-state index contributed by atoms with van der Waals surface area (Å²) < 4.78 is 33.5. The Bertz CT molecular complexity index is 966. The van der Waals surface area contributed by atoms with Crippen molar-refractivity contribution in [3.63, 3.8) is 0 Å². The van der Waals surface area contributed by atoms with Crippen molar-refractivity contribution >= 4 is 10.0 Å². The molecule has 0 amide bonds. The van der Waals surface area contributed by atoms with E-state index < -0.39 is 10.0 Å². The first-order chi connectivity index (χ1) is 12.0. The van der Waals surface area contributed by atoms with Crippen molar-refractivity contribution in [1.82, 2.24) is 14.9 Å². The minimum absolute atomic E-state index is 0.206. The molecule has 7 heteroatoms. The van der Waals surface area contributed by atoms with Crippen LogP contribution in [0.4, 0.5) is 0 Å². The van der Waals surface area contributed by atoms with Crippen molar-refractivity contribution in [3.05, 3.63) is 65.5 Å². The van der Waals surface area contributed by atoms with E-state index in [1.807, 2.05) is 37.3 Å². The molecule has 0 aliphatic carbocycles. The van der Waals surface area contributed by atoms with Gasteiger partial charge in [-0.05, 0) is 30.2 Å². The Morgan fingerprint density at radius 3 is 2.52 bits per heavy atom.